The summed E-state index contributed by atoms with van der Waals surface area (Å²) in [6.07, 6.45) is 2.23. The van der Waals surface area contributed by atoms with Crippen molar-refractivity contribution >= 4 is 11.6 Å². The van der Waals surface area contributed by atoms with Crippen molar-refractivity contribution < 1.29 is 14.6 Å². The quantitative estimate of drug-likeness (QED) is 0.801. The van der Waals surface area contributed by atoms with Crippen LogP contribution in [0.2, 0.25) is 0 Å². The molecule has 0 radical (unpaired) electrons. The number of ether oxygens (including phenoxy) is 1. The highest BCUT2D eigenvalue weighted by molar-refractivity contribution is 5.90. The van der Waals surface area contributed by atoms with Crippen LogP contribution < -0.4 is 4.74 Å². The number of fused-ring (bicyclic) bond motifs is 1. The van der Waals surface area contributed by atoms with Crippen molar-refractivity contribution in [3.63, 3.8) is 0 Å². The highest BCUT2D eigenvalue weighted by Gasteiger charge is 2.29. The molecule has 2 aromatic heterocycles. The molecule has 6 nitrogen and oxygen atoms in total. The molecule has 0 spiro atoms. The van der Waals surface area contributed by atoms with E-state index in [9.17, 15) is 9.90 Å². The first-order valence-electron chi connectivity index (χ1n) is 7.45. The number of carboxylic acid groups (broad SMARTS) is 1. The zero-order valence-electron chi connectivity index (χ0n) is 12.6. The third kappa shape index (κ3) is 2.32. The molecule has 2 heterocycles. The average molecular weight is 309 g/mol. The smallest absolute Gasteiger partial charge is 0.335 e. The molecule has 1 fully saturated rings. The van der Waals surface area contributed by atoms with Crippen LogP contribution in [0.3, 0.4) is 0 Å². The van der Waals surface area contributed by atoms with E-state index in [0.29, 0.717) is 17.4 Å². The number of pyridine rings is 1. The zero-order valence-corrected chi connectivity index (χ0v) is 12.6. The first kappa shape index (κ1) is 13.8. The summed E-state index contributed by atoms with van der Waals surface area (Å²) >= 11 is 0. The van der Waals surface area contributed by atoms with Crippen molar-refractivity contribution in [1.82, 2.24) is 14.6 Å². The third-order valence-corrected chi connectivity index (χ3v) is 4.04. The van der Waals surface area contributed by atoms with Gasteiger partial charge in [-0.25, -0.2) is 9.78 Å². The number of carboxylic acids is 1. The molecular weight excluding hydrogens is 294 g/mol. The van der Waals surface area contributed by atoms with Gasteiger partial charge in [-0.05, 0) is 36.6 Å². The Kier molecular flexibility index (Phi) is 3.04. The summed E-state index contributed by atoms with van der Waals surface area (Å²) in [5.41, 5.74) is 2.58. The summed E-state index contributed by atoms with van der Waals surface area (Å²) in [6.45, 7) is 0. The van der Waals surface area contributed by atoms with Gasteiger partial charge in [0.15, 0.2) is 11.5 Å². The number of rotatable bonds is 4. The van der Waals surface area contributed by atoms with Gasteiger partial charge in [0.1, 0.15) is 0 Å². The lowest BCUT2D eigenvalue weighted by atomic mass is 10.0. The first-order valence-corrected chi connectivity index (χ1v) is 7.45. The van der Waals surface area contributed by atoms with Crippen molar-refractivity contribution in [2.45, 2.75) is 18.8 Å². The molecule has 23 heavy (non-hydrogen) atoms. The fourth-order valence-electron chi connectivity index (χ4n) is 2.67. The van der Waals surface area contributed by atoms with Gasteiger partial charge in [0.05, 0.1) is 12.7 Å². The Bertz CT molecular complexity index is 913. The van der Waals surface area contributed by atoms with E-state index in [2.05, 4.69) is 10.1 Å². The van der Waals surface area contributed by atoms with Gasteiger partial charge in [-0.2, -0.15) is 4.52 Å². The number of aromatic nitrogens is 3. The summed E-state index contributed by atoms with van der Waals surface area (Å²) in [5.74, 6) is 0.914. The van der Waals surface area contributed by atoms with Gasteiger partial charge in [-0.15, -0.1) is 5.10 Å². The lowest BCUT2D eigenvalue weighted by molar-refractivity contribution is 0.0697. The number of methoxy groups -OCH3 is 1. The fraction of sp³-hybridized carbons (Fsp3) is 0.235. The van der Waals surface area contributed by atoms with E-state index >= 15 is 0 Å². The Morgan fingerprint density at radius 3 is 2.83 bits per heavy atom. The van der Waals surface area contributed by atoms with Gasteiger partial charge in [-0.3, -0.25) is 0 Å². The van der Waals surface area contributed by atoms with E-state index < -0.39 is 5.97 Å². The van der Waals surface area contributed by atoms with Crippen LogP contribution >= 0.6 is 0 Å². The summed E-state index contributed by atoms with van der Waals surface area (Å²) < 4.78 is 7.05. The Labute approximate surface area is 132 Å². The van der Waals surface area contributed by atoms with Crippen LogP contribution in [0.5, 0.6) is 5.88 Å². The van der Waals surface area contributed by atoms with E-state index in [-0.39, 0.29) is 5.56 Å². The molecule has 0 unspecified atom stereocenters. The molecule has 3 aromatic rings. The van der Waals surface area contributed by atoms with Gasteiger partial charge < -0.3 is 9.84 Å². The summed E-state index contributed by atoms with van der Waals surface area (Å²) in [7, 11) is 1.60. The van der Waals surface area contributed by atoms with Crippen LogP contribution in [0.4, 0.5) is 0 Å². The van der Waals surface area contributed by atoms with Crippen molar-refractivity contribution in [2.24, 2.45) is 0 Å². The minimum atomic E-state index is -0.948. The van der Waals surface area contributed by atoms with Crippen molar-refractivity contribution in [2.75, 3.05) is 7.11 Å². The normalized spacial score (nSPS) is 14.1. The summed E-state index contributed by atoms with van der Waals surface area (Å²) in [6, 6.07) is 10.5. The molecule has 116 valence electrons. The molecular formula is C17H15N3O3. The minimum absolute atomic E-state index is 0.249. The molecule has 1 aromatic carbocycles. The second kappa shape index (κ2) is 5.08. The van der Waals surface area contributed by atoms with Crippen LogP contribution in [0, 0.1) is 0 Å². The highest BCUT2D eigenvalue weighted by atomic mass is 16.5. The van der Waals surface area contributed by atoms with Crippen molar-refractivity contribution in [3.05, 3.63) is 47.8 Å². The van der Waals surface area contributed by atoms with E-state index in [1.807, 2.05) is 18.2 Å². The van der Waals surface area contributed by atoms with Crippen molar-refractivity contribution in [1.29, 1.82) is 0 Å². The zero-order chi connectivity index (χ0) is 16.0. The number of hydrogen-bond acceptors (Lipinski definition) is 4. The van der Waals surface area contributed by atoms with Crippen LogP contribution in [-0.2, 0) is 0 Å². The van der Waals surface area contributed by atoms with Crippen LogP contribution in [0.1, 0.15) is 34.9 Å². The first-order chi connectivity index (χ1) is 11.2. The SMILES string of the molecule is COc1ccc(-c2cccc(C(=O)O)c2)c2nc(C3CC3)nn12. The summed E-state index contributed by atoms with van der Waals surface area (Å²) in [5, 5.41) is 13.7. The number of hydrogen-bond donors (Lipinski definition) is 1. The van der Waals surface area contributed by atoms with Crippen LogP contribution in [-0.4, -0.2) is 32.8 Å². The average Bonchev–Trinajstić information content (AvgIpc) is 3.32. The van der Waals surface area contributed by atoms with E-state index in [0.717, 1.165) is 29.8 Å². The Hall–Kier alpha value is -2.89. The molecule has 0 amide bonds. The van der Waals surface area contributed by atoms with Gasteiger partial charge in [0.2, 0.25) is 5.88 Å². The monoisotopic (exact) mass is 309 g/mol. The largest absolute Gasteiger partial charge is 0.481 e. The molecule has 1 saturated carbocycles. The molecule has 1 aliphatic carbocycles. The number of carbonyl (C=O) groups is 1. The fourth-order valence-corrected chi connectivity index (χ4v) is 2.67. The van der Waals surface area contributed by atoms with Crippen LogP contribution in [0.15, 0.2) is 36.4 Å². The van der Waals surface area contributed by atoms with Gasteiger partial charge in [0, 0.05) is 17.5 Å². The number of nitrogens with zero attached hydrogens (tertiary/aromatic N) is 3. The molecule has 6 heteroatoms. The van der Waals surface area contributed by atoms with Crippen molar-refractivity contribution in [3.8, 4) is 17.0 Å². The topological polar surface area (TPSA) is 76.7 Å². The Morgan fingerprint density at radius 2 is 2.13 bits per heavy atom. The molecule has 0 atom stereocenters. The summed E-state index contributed by atoms with van der Waals surface area (Å²) in [4.78, 5) is 15.9. The molecule has 1 aliphatic rings. The predicted molar refractivity (Wildman–Crippen MR) is 83.9 cm³/mol. The predicted octanol–water partition coefficient (Wildman–Crippen LogP) is 2.98. The lowest BCUT2D eigenvalue weighted by Gasteiger charge is -2.07. The highest BCUT2D eigenvalue weighted by Crippen LogP contribution is 2.39. The van der Waals surface area contributed by atoms with E-state index in [1.165, 1.54) is 0 Å². The standard InChI is InChI=1S/C17H15N3O3/c1-23-14-8-7-13(11-3-2-4-12(9-11)17(21)22)16-18-15(10-5-6-10)19-20(14)16/h2-4,7-10H,5-6H2,1H3,(H,21,22). The number of aromatic carboxylic acids is 1. The maximum atomic E-state index is 11.2. The van der Waals surface area contributed by atoms with Gasteiger partial charge in [0.25, 0.3) is 0 Å². The molecule has 4 rings (SSSR count). The Balaban J connectivity index is 1.92. The van der Waals surface area contributed by atoms with Crippen LogP contribution in [0.25, 0.3) is 16.8 Å². The minimum Gasteiger partial charge on any atom is -0.481 e. The van der Waals surface area contributed by atoms with Gasteiger partial charge >= 0.3 is 5.97 Å². The molecule has 0 saturated heterocycles. The third-order valence-electron chi connectivity index (χ3n) is 4.04. The lowest BCUT2D eigenvalue weighted by Crippen LogP contribution is -1.99. The Morgan fingerprint density at radius 1 is 1.30 bits per heavy atom. The van der Waals surface area contributed by atoms with E-state index in [1.54, 1.807) is 29.8 Å². The molecule has 0 aliphatic heterocycles. The number of benzene rings is 1. The second-order valence-corrected chi connectivity index (χ2v) is 5.66. The van der Waals surface area contributed by atoms with E-state index in [4.69, 9.17) is 4.74 Å². The second-order valence-electron chi connectivity index (χ2n) is 5.66. The maximum Gasteiger partial charge on any atom is 0.335 e. The molecule has 0 bridgehead atoms. The maximum absolute atomic E-state index is 11.2. The van der Waals surface area contributed by atoms with Gasteiger partial charge in [-0.1, -0.05) is 12.1 Å². The molecule has 1 N–H and O–H groups in total.